The van der Waals surface area contributed by atoms with Crippen molar-refractivity contribution in [3.8, 4) is 0 Å². The minimum Gasteiger partial charge on any atom is -0.358 e. The van der Waals surface area contributed by atoms with E-state index in [-0.39, 0.29) is 10.8 Å². The molecular weight excluding hydrogens is 430 g/mol. The summed E-state index contributed by atoms with van der Waals surface area (Å²) in [6.45, 7) is 4.26. The number of benzene rings is 3. The van der Waals surface area contributed by atoms with Crippen molar-refractivity contribution in [3.63, 3.8) is 0 Å². The number of hydrogen-bond donors (Lipinski definition) is 0. The molecule has 0 aromatic heterocycles. The van der Waals surface area contributed by atoms with E-state index in [1.54, 1.807) is 12.1 Å². The molecule has 33 heavy (non-hydrogen) atoms. The van der Waals surface area contributed by atoms with Crippen molar-refractivity contribution in [1.29, 1.82) is 0 Å². The molecule has 2 atom stereocenters. The summed E-state index contributed by atoms with van der Waals surface area (Å²) < 4.78 is 35.1. The molecule has 3 aromatic carbocycles. The van der Waals surface area contributed by atoms with E-state index in [4.69, 9.17) is 4.74 Å². The van der Waals surface area contributed by atoms with Gasteiger partial charge in [0.15, 0.2) is 0 Å². The van der Waals surface area contributed by atoms with Crippen LogP contribution in [0.15, 0.2) is 108 Å². The second-order valence-corrected chi connectivity index (χ2v) is 9.93. The van der Waals surface area contributed by atoms with Gasteiger partial charge in [-0.05, 0) is 43.2 Å². The lowest BCUT2D eigenvalue weighted by molar-refractivity contribution is -0.0115. The maximum absolute atomic E-state index is 13.8. The fraction of sp³-hybridized carbons (Fsp3) is 0.214. The van der Waals surface area contributed by atoms with Crippen LogP contribution < -0.4 is 0 Å². The summed E-state index contributed by atoms with van der Waals surface area (Å²) in [6, 6.07) is 27.0. The molecule has 0 radical (unpaired) electrons. The normalized spacial score (nSPS) is 19.0. The van der Waals surface area contributed by atoms with Crippen molar-refractivity contribution >= 4 is 16.1 Å². The molecule has 0 unspecified atom stereocenters. The molecule has 0 fully saturated rings. The van der Waals surface area contributed by atoms with E-state index in [0.29, 0.717) is 18.7 Å². The lowest BCUT2D eigenvalue weighted by Gasteiger charge is -2.38. The molecule has 0 saturated carbocycles. The number of ether oxygens (including phenoxy) is 1. The number of allylic oxidation sites excluding steroid dienone is 2. The van der Waals surface area contributed by atoms with Gasteiger partial charge in [-0.25, -0.2) is 12.7 Å². The summed E-state index contributed by atoms with van der Waals surface area (Å²) in [6.07, 6.45) is 5.80. The Hall–Kier alpha value is -3.15. The van der Waals surface area contributed by atoms with E-state index in [2.05, 4.69) is 12.1 Å². The topological polar surface area (TPSA) is 46.6 Å². The van der Waals surface area contributed by atoms with Crippen LogP contribution in [0.1, 0.15) is 36.0 Å². The van der Waals surface area contributed by atoms with Gasteiger partial charge in [0, 0.05) is 18.9 Å². The standard InChI is InChI=1S/C28H29NO3S/c1-3-32-28-21-25(24-12-8-5-9-13-24)20-26(17-16-23-10-6-4-7-11-23)29(28)33(30,31)27-18-14-22(2)15-19-27/h4-20,25,28H,3,21H2,1-2H3/b17-16-/t25-,28-/m1/s1. The summed E-state index contributed by atoms with van der Waals surface area (Å²) in [7, 11) is -3.82. The molecule has 4 nitrogen and oxygen atoms in total. The predicted molar refractivity (Wildman–Crippen MR) is 133 cm³/mol. The van der Waals surface area contributed by atoms with Crippen LogP contribution in [0.25, 0.3) is 6.08 Å². The van der Waals surface area contributed by atoms with Crippen molar-refractivity contribution in [2.75, 3.05) is 6.61 Å². The van der Waals surface area contributed by atoms with Crippen LogP contribution in [0, 0.1) is 6.92 Å². The van der Waals surface area contributed by atoms with E-state index in [1.165, 1.54) is 4.31 Å². The van der Waals surface area contributed by atoms with Crippen molar-refractivity contribution in [2.24, 2.45) is 0 Å². The van der Waals surface area contributed by atoms with Gasteiger partial charge in [-0.2, -0.15) is 0 Å². The molecule has 1 heterocycles. The second-order valence-electron chi connectivity index (χ2n) is 8.11. The first-order valence-corrected chi connectivity index (χ1v) is 12.7. The molecule has 0 spiro atoms. The van der Waals surface area contributed by atoms with Gasteiger partial charge in [0.1, 0.15) is 6.23 Å². The molecule has 5 heteroatoms. The van der Waals surface area contributed by atoms with E-state index in [9.17, 15) is 8.42 Å². The molecule has 1 aliphatic rings. The number of nitrogens with zero attached hydrogens (tertiary/aromatic N) is 1. The monoisotopic (exact) mass is 459 g/mol. The molecule has 3 aromatic rings. The average molecular weight is 460 g/mol. The van der Waals surface area contributed by atoms with Crippen LogP contribution >= 0.6 is 0 Å². The van der Waals surface area contributed by atoms with Crippen LogP contribution in [0.3, 0.4) is 0 Å². The Bertz CT molecular complexity index is 1220. The largest absolute Gasteiger partial charge is 0.358 e. The first-order chi connectivity index (χ1) is 16.0. The lowest BCUT2D eigenvalue weighted by atomic mass is 9.91. The highest BCUT2D eigenvalue weighted by atomic mass is 32.2. The third kappa shape index (κ3) is 5.27. The van der Waals surface area contributed by atoms with Crippen LogP contribution in [0.5, 0.6) is 0 Å². The zero-order valence-electron chi connectivity index (χ0n) is 19.0. The lowest BCUT2D eigenvalue weighted by Crippen LogP contribution is -2.44. The number of rotatable bonds is 7. The van der Waals surface area contributed by atoms with Crippen LogP contribution in [0.2, 0.25) is 0 Å². The summed E-state index contributed by atoms with van der Waals surface area (Å²) >= 11 is 0. The zero-order valence-corrected chi connectivity index (χ0v) is 19.8. The van der Waals surface area contributed by atoms with Crippen LogP contribution in [0.4, 0.5) is 0 Å². The molecule has 0 amide bonds. The summed E-state index contributed by atoms with van der Waals surface area (Å²) in [4.78, 5) is 0.259. The first kappa shape index (κ1) is 23.0. The number of sulfonamides is 1. The average Bonchev–Trinajstić information content (AvgIpc) is 2.84. The molecule has 0 bridgehead atoms. The maximum Gasteiger partial charge on any atom is 0.266 e. The number of aryl methyl sites for hydroxylation is 1. The Balaban J connectivity index is 1.82. The Morgan fingerprint density at radius 1 is 0.909 bits per heavy atom. The molecule has 0 aliphatic carbocycles. The summed E-state index contributed by atoms with van der Waals surface area (Å²) in [5.41, 5.74) is 3.76. The first-order valence-electron chi connectivity index (χ1n) is 11.2. The van der Waals surface area contributed by atoms with Gasteiger partial charge in [-0.15, -0.1) is 0 Å². The smallest absolute Gasteiger partial charge is 0.266 e. The molecule has 0 N–H and O–H groups in total. The van der Waals surface area contributed by atoms with Gasteiger partial charge in [0.2, 0.25) is 0 Å². The fourth-order valence-electron chi connectivity index (χ4n) is 4.08. The van der Waals surface area contributed by atoms with E-state index < -0.39 is 16.3 Å². The van der Waals surface area contributed by atoms with Gasteiger partial charge < -0.3 is 4.74 Å². The van der Waals surface area contributed by atoms with Gasteiger partial charge in [0.25, 0.3) is 10.0 Å². The summed E-state index contributed by atoms with van der Waals surface area (Å²) in [5, 5.41) is 0. The third-order valence-corrected chi connectivity index (χ3v) is 7.59. The Kier molecular flexibility index (Phi) is 7.11. The third-order valence-electron chi connectivity index (χ3n) is 5.75. The van der Waals surface area contributed by atoms with Crippen molar-refractivity contribution in [2.45, 2.75) is 37.3 Å². The van der Waals surface area contributed by atoms with Gasteiger partial charge in [0.05, 0.1) is 10.6 Å². The fourth-order valence-corrected chi connectivity index (χ4v) is 5.64. The maximum atomic E-state index is 13.8. The molecule has 0 saturated heterocycles. The zero-order chi connectivity index (χ0) is 23.3. The van der Waals surface area contributed by atoms with E-state index >= 15 is 0 Å². The van der Waals surface area contributed by atoms with Crippen LogP contribution in [-0.2, 0) is 14.8 Å². The molecular formula is C28H29NO3S. The quantitative estimate of drug-likeness (QED) is 0.427. The molecule has 1 aliphatic heterocycles. The van der Waals surface area contributed by atoms with Gasteiger partial charge >= 0.3 is 0 Å². The highest BCUT2D eigenvalue weighted by Crippen LogP contribution is 2.37. The number of hydrogen-bond acceptors (Lipinski definition) is 3. The van der Waals surface area contributed by atoms with E-state index in [0.717, 1.165) is 16.7 Å². The van der Waals surface area contributed by atoms with E-state index in [1.807, 2.05) is 92.7 Å². The summed E-state index contributed by atoms with van der Waals surface area (Å²) in [5.74, 6) is 0.0441. The molecule has 170 valence electrons. The van der Waals surface area contributed by atoms with Crippen molar-refractivity contribution in [3.05, 3.63) is 119 Å². The highest BCUT2D eigenvalue weighted by molar-refractivity contribution is 7.89. The molecule has 4 rings (SSSR count). The Morgan fingerprint density at radius 3 is 2.18 bits per heavy atom. The minimum absolute atomic E-state index is 0.0441. The van der Waals surface area contributed by atoms with Gasteiger partial charge in [-0.1, -0.05) is 90.5 Å². The van der Waals surface area contributed by atoms with Crippen molar-refractivity contribution < 1.29 is 13.2 Å². The second kappa shape index (κ2) is 10.2. The van der Waals surface area contributed by atoms with Crippen molar-refractivity contribution in [1.82, 2.24) is 4.31 Å². The Morgan fingerprint density at radius 2 is 1.55 bits per heavy atom. The minimum atomic E-state index is -3.82. The SMILES string of the molecule is CCO[C@@H]1C[C@H](c2ccccc2)C=C(/C=C\c2ccccc2)N1S(=O)(=O)c1ccc(C)cc1. The Labute approximate surface area is 196 Å². The highest BCUT2D eigenvalue weighted by Gasteiger charge is 2.38. The van der Waals surface area contributed by atoms with Crippen LogP contribution in [-0.4, -0.2) is 25.6 Å². The predicted octanol–water partition coefficient (Wildman–Crippen LogP) is 6.13. The van der Waals surface area contributed by atoms with Gasteiger partial charge in [-0.3, -0.25) is 0 Å².